The van der Waals surface area contributed by atoms with Crippen LogP contribution in [0.3, 0.4) is 0 Å². The highest BCUT2D eigenvalue weighted by molar-refractivity contribution is 5.57. The van der Waals surface area contributed by atoms with Crippen LogP contribution in [0.5, 0.6) is 0 Å². The van der Waals surface area contributed by atoms with E-state index in [2.05, 4.69) is 16.1 Å². The first-order valence-corrected chi connectivity index (χ1v) is 6.16. The van der Waals surface area contributed by atoms with Gasteiger partial charge in [-0.15, -0.1) is 5.10 Å². The Bertz CT molecular complexity index is 539. The van der Waals surface area contributed by atoms with E-state index < -0.39 is 0 Å². The molecule has 0 aliphatic heterocycles. The Hall–Kier alpha value is -1.78. The summed E-state index contributed by atoms with van der Waals surface area (Å²) in [6.45, 7) is 0. The number of fused-ring (bicyclic) bond motifs is 1. The first-order chi connectivity index (χ1) is 8.25. The second-order valence-electron chi connectivity index (χ2n) is 4.75. The van der Waals surface area contributed by atoms with Crippen LogP contribution in [0.2, 0.25) is 0 Å². The van der Waals surface area contributed by atoms with Crippen molar-refractivity contribution in [3.8, 4) is 0 Å². The van der Waals surface area contributed by atoms with Gasteiger partial charge in [-0.2, -0.15) is 9.50 Å². The van der Waals surface area contributed by atoms with Crippen LogP contribution in [-0.4, -0.2) is 14.6 Å². The summed E-state index contributed by atoms with van der Waals surface area (Å²) in [6, 6.07) is 3.97. The number of anilines is 2. The molecular formula is C12H17N5. The molecular weight excluding hydrogens is 214 g/mol. The third kappa shape index (κ3) is 1.71. The lowest BCUT2D eigenvalue weighted by molar-refractivity contribution is 0.444. The monoisotopic (exact) mass is 231 g/mol. The van der Waals surface area contributed by atoms with E-state index >= 15 is 0 Å². The summed E-state index contributed by atoms with van der Waals surface area (Å²) in [7, 11) is 0. The fourth-order valence-corrected chi connectivity index (χ4v) is 2.75. The molecule has 3 rings (SSSR count). The molecule has 0 unspecified atom stereocenters. The standard InChI is InChI=1S/C12H17N5/c13-10-7-6-9(8-4-2-1-3-5-8)11-15-12(14)16-17(10)11/h6-8H,1-5,13H2,(H2,14,16). The Morgan fingerprint density at radius 3 is 2.65 bits per heavy atom. The van der Waals surface area contributed by atoms with E-state index in [-0.39, 0.29) is 0 Å². The van der Waals surface area contributed by atoms with Crippen molar-refractivity contribution in [1.29, 1.82) is 0 Å². The molecule has 1 aliphatic carbocycles. The lowest BCUT2D eigenvalue weighted by Gasteiger charge is -2.22. The molecule has 5 heteroatoms. The summed E-state index contributed by atoms with van der Waals surface area (Å²) in [5, 5.41) is 4.13. The highest BCUT2D eigenvalue weighted by atomic mass is 15.3. The van der Waals surface area contributed by atoms with Crippen molar-refractivity contribution in [1.82, 2.24) is 14.6 Å². The maximum atomic E-state index is 5.87. The number of hydrogen-bond donors (Lipinski definition) is 2. The molecule has 0 atom stereocenters. The fraction of sp³-hybridized carbons (Fsp3) is 0.500. The number of rotatable bonds is 1. The van der Waals surface area contributed by atoms with Crippen molar-refractivity contribution in [3.05, 3.63) is 17.7 Å². The normalized spacial score (nSPS) is 17.6. The number of nitrogen functional groups attached to an aromatic ring is 2. The number of nitrogens with zero attached hydrogens (tertiary/aromatic N) is 3. The van der Waals surface area contributed by atoms with E-state index in [1.165, 1.54) is 37.7 Å². The van der Waals surface area contributed by atoms with Crippen LogP contribution in [0.25, 0.3) is 5.65 Å². The minimum Gasteiger partial charge on any atom is -0.384 e. The topological polar surface area (TPSA) is 82.2 Å². The molecule has 0 aromatic carbocycles. The van der Waals surface area contributed by atoms with Crippen molar-refractivity contribution in [2.24, 2.45) is 0 Å². The molecule has 0 bridgehead atoms. The van der Waals surface area contributed by atoms with Crippen molar-refractivity contribution in [2.45, 2.75) is 38.0 Å². The Kier molecular flexibility index (Phi) is 2.39. The molecule has 1 aliphatic rings. The molecule has 17 heavy (non-hydrogen) atoms. The molecule has 2 aromatic heterocycles. The summed E-state index contributed by atoms with van der Waals surface area (Å²) in [5.74, 6) is 1.46. The summed E-state index contributed by atoms with van der Waals surface area (Å²) < 4.78 is 1.65. The number of nitrogens with two attached hydrogens (primary N) is 2. The second kappa shape index (κ2) is 3.91. The van der Waals surface area contributed by atoms with Gasteiger partial charge in [-0.1, -0.05) is 25.3 Å². The minimum atomic E-state index is 0.292. The zero-order chi connectivity index (χ0) is 11.8. The fourth-order valence-electron chi connectivity index (χ4n) is 2.75. The highest BCUT2D eigenvalue weighted by Crippen LogP contribution is 2.34. The zero-order valence-electron chi connectivity index (χ0n) is 9.76. The lowest BCUT2D eigenvalue weighted by atomic mass is 9.84. The second-order valence-corrected chi connectivity index (χ2v) is 4.75. The van der Waals surface area contributed by atoms with E-state index in [1.807, 2.05) is 6.07 Å². The maximum Gasteiger partial charge on any atom is 0.240 e. The summed E-state index contributed by atoms with van der Waals surface area (Å²) >= 11 is 0. The van der Waals surface area contributed by atoms with Gasteiger partial charge >= 0.3 is 0 Å². The molecule has 0 spiro atoms. The number of hydrogen-bond acceptors (Lipinski definition) is 4. The Morgan fingerprint density at radius 1 is 1.12 bits per heavy atom. The zero-order valence-corrected chi connectivity index (χ0v) is 9.76. The van der Waals surface area contributed by atoms with Crippen LogP contribution in [-0.2, 0) is 0 Å². The Balaban J connectivity index is 2.12. The van der Waals surface area contributed by atoms with Crippen molar-refractivity contribution < 1.29 is 0 Å². The van der Waals surface area contributed by atoms with Gasteiger partial charge in [0.1, 0.15) is 5.82 Å². The number of aromatic nitrogens is 3. The molecule has 2 heterocycles. The van der Waals surface area contributed by atoms with Gasteiger partial charge in [0.15, 0.2) is 5.65 Å². The Morgan fingerprint density at radius 2 is 1.88 bits per heavy atom. The molecule has 4 N–H and O–H groups in total. The van der Waals surface area contributed by atoms with Gasteiger partial charge in [-0.05, 0) is 24.8 Å². The first kappa shape index (κ1) is 10.4. The van der Waals surface area contributed by atoms with E-state index in [1.54, 1.807) is 4.52 Å². The maximum absolute atomic E-state index is 5.87. The third-order valence-corrected chi connectivity index (χ3v) is 3.60. The van der Waals surface area contributed by atoms with Crippen molar-refractivity contribution >= 4 is 17.4 Å². The van der Waals surface area contributed by atoms with Crippen LogP contribution < -0.4 is 11.5 Å². The summed E-state index contributed by atoms with van der Waals surface area (Å²) in [6.07, 6.45) is 6.39. The van der Waals surface area contributed by atoms with Gasteiger partial charge in [-0.3, -0.25) is 0 Å². The average Bonchev–Trinajstić information content (AvgIpc) is 2.73. The largest absolute Gasteiger partial charge is 0.384 e. The van der Waals surface area contributed by atoms with Gasteiger partial charge in [0.2, 0.25) is 5.95 Å². The third-order valence-electron chi connectivity index (χ3n) is 3.60. The highest BCUT2D eigenvalue weighted by Gasteiger charge is 2.20. The van der Waals surface area contributed by atoms with Gasteiger partial charge in [0, 0.05) is 5.56 Å². The van der Waals surface area contributed by atoms with E-state index in [9.17, 15) is 0 Å². The molecule has 0 saturated heterocycles. The number of pyridine rings is 1. The Labute approximate surface area is 99.8 Å². The summed E-state index contributed by atoms with van der Waals surface area (Å²) in [4.78, 5) is 4.30. The van der Waals surface area contributed by atoms with Crippen LogP contribution in [0, 0.1) is 0 Å². The smallest absolute Gasteiger partial charge is 0.240 e. The molecule has 0 radical (unpaired) electrons. The van der Waals surface area contributed by atoms with Gasteiger partial charge in [0.05, 0.1) is 0 Å². The quantitative estimate of drug-likeness (QED) is 0.785. The molecule has 90 valence electrons. The molecule has 1 fully saturated rings. The van der Waals surface area contributed by atoms with Crippen LogP contribution >= 0.6 is 0 Å². The van der Waals surface area contributed by atoms with Crippen molar-refractivity contribution in [3.63, 3.8) is 0 Å². The van der Waals surface area contributed by atoms with E-state index in [0.717, 1.165) is 5.65 Å². The molecule has 0 amide bonds. The molecule has 5 nitrogen and oxygen atoms in total. The van der Waals surface area contributed by atoms with Crippen LogP contribution in [0.15, 0.2) is 12.1 Å². The van der Waals surface area contributed by atoms with Gasteiger partial charge in [-0.25, -0.2) is 0 Å². The first-order valence-electron chi connectivity index (χ1n) is 6.16. The van der Waals surface area contributed by atoms with Gasteiger partial charge in [0.25, 0.3) is 0 Å². The van der Waals surface area contributed by atoms with E-state index in [0.29, 0.717) is 17.7 Å². The minimum absolute atomic E-state index is 0.292. The van der Waals surface area contributed by atoms with Crippen LogP contribution in [0.4, 0.5) is 11.8 Å². The SMILES string of the molecule is Nc1nc2c(C3CCCCC3)ccc(N)n2n1. The van der Waals surface area contributed by atoms with Crippen molar-refractivity contribution in [2.75, 3.05) is 11.5 Å². The van der Waals surface area contributed by atoms with Gasteiger partial charge < -0.3 is 11.5 Å². The molecule has 2 aromatic rings. The summed E-state index contributed by atoms with van der Waals surface area (Å²) in [5.41, 5.74) is 13.6. The average molecular weight is 231 g/mol. The lowest BCUT2D eigenvalue weighted by Crippen LogP contribution is -2.08. The van der Waals surface area contributed by atoms with Crippen LogP contribution in [0.1, 0.15) is 43.6 Å². The predicted octanol–water partition coefficient (Wildman–Crippen LogP) is 1.94. The predicted molar refractivity (Wildman–Crippen MR) is 67.6 cm³/mol. The molecule has 1 saturated carbocycles. The van der Waals surface area contributed by atoms with E-state index in [4.69, 9.17) is 11.5 Å².